The Kier molecular flexibility index (Phi) is 4.57. The summed E-state index contributed by atoms with van der Waals surface area (Å²) in [5, 5.41) is 3.41. The van der Waals surface area contributed by atoms with Crippen LogP contribution in [0.1, 0.15) is 37.4 Å². The van der Waals surface area contributed by atoms with Gasteiger partial charge in [0.1, 0.15) is 0 Å². The third-order valence-corrected chi connectivity index (χ3v) is 3.70. The van der Waals surface area contributed by atoms with E-state index in [0.717, 1.165) is 26.2 Å². The lowest BCUT2D eigenvalue weighted by atomic mass is 10.0. The highest BCUT2D eigenvalue weighted by Gasteiger charge is 2.17. The summed E-state index contributed by atoms with van der Waals surface area (Å²) in [7, 11) is 0. The lowest BCUT2D eigenvalue weighted by Crippen LogP contribution is -2.44. The van der Waals surface area contributed by atoms with Crippen molar-refractivity contribution in [2.45, 2.75) is 32.7 Å². The Labute approximate surface area is 105 Å². The zero-order chi connectivity index (χ0) is 12.1. The van der Waals surface area contributed by atoms with Gasteiger partial charge in [-0.15, -0.1) is 0 Å². The first-order valence-corrected chi connectivity index (χ1v) is 6.85. The molecule has 0 radical (unpaired) electrons. The van der Waals surface area contributed by atoms with Gasteiger partial charge in [0.2, 0.25) is 0 Å². The molecule has 1 atom stereocenters. The van der Waals surface area contributed by atoms with Gasteiger partial charge >= 0.3 is 0 Å². The number of nitrogens with one attached hydrogen (secondary N) is 1. The smallest absolute Gasteiger partial charge is 0.0320 e. The van der Waals surface area contributed by atoms with Crippen LogP contribution in [0.2, 0.25) is 0 Å². The van der Waals surface area contributed by atoms with E-state index in [1.807, 2.05) is 0 Å². The molecule has 0 saturated carbocycles. The number of hydrogen-bond acceptors (Lipinski definition) is 2. The maximum Gasteiger partial charge on any atom is 0.0320 e. The summed E-state index contributed by atoms with van der Waals surface area (Å²) in [5.41, 5.74) is 2.91. The first kappa shape index (κ1) is 12.6. The summed E-state index contributed by atoms with van der Waals surface area (Å²) >= 11 is 0. The molecule has 1 heterocycles. The lowest BCUT2D eigenvalue weighted by molar-refractivity contribution is 0.185. The van der Waals surface area contributed by atoms with Crippen molar-refractivity contribution in [3.8, 4) is 0 Å². The first-order valence-electron chi connectivity index (χ1n) is 6.85. The Hall–Kier alpha value is -0.860. The van der Waals surface area contributed by atoms with E-state index in [2.05, 4.69) is 48.3 Å². The average molecular weight is 232 g/mol. The Balaban J connectivity index is 2.00. The van der Waals surface area contributed by atoms with E-state index in [0.29, 0.717) is 6.04 Å². The van der Waals surface area contributed by atoms with Crippen molar-refractivity contribution in [3.63, 3.8) is 0 Å². The van der Waals surface area contributed by atoms with Crippen LogP contribution < -0.4 is 5.32 Å². The molecule has 1 N–H and O–H groups in total. The lowest BCUT2D eigenvalue weighted by Gasteiger charge is -2.33. The summed E-state index contributed by atoms with van der Waals surface area (Å²) in [6.07, 6.45) is 2.43. The van der Waals surface area contributed by atoms with Gasteiger partial charge in [0.05, 0.1) is 0 Å². The van der Waals surface area contributed by atoms with Crippen molar-refractivity contribution in [1.82, 2.24) is 10.2 Å². The van der Waals surface area contributed by atoms with Crippen LogP contribution in [-0.2, 0) is 6.42 Å². The molecule has 1 aromatic rings. The van der Waals surface area contributed by atoms with Crippen LogP contribution in [0.5, 0.6) is 0 Å². The minimum Gasteiger partial charge on any atom is -0.314 e. The fourth-order valence-electron chi connectivity index (χ4n) is 2.53. The van der Waals surface area contributed by atoms with Crippen molar-refractivity contribution in [1.29, 1.82) is 0 Å². The van der Waals surface area contributed by atoms with Crippen molar-refractivity contribution < 1.29 is 0 Å². The van der Waals surface area contributed by atoms with E-state index in [1.54, 1.807) is 0 Å². The molecule has 1 aliphatic rings. The van der Waals surface area contributed by atoms with E-state index in [1.165, 1.54) is 24.0 Å². The molecule has 1 aromatic carbocycles. The van der Waals surface area contributed by atoms with Crippen LogP contribution in [0.3, 0.4) is 0 Å². The van der Waals surface area contributed by atoms with Gasteiger partial charge in [-0.05, 0) is 24.5 Å². The van der Waals surface area contributed by atoms with Gasteiger partial charge in [-0.2, -0.15) is 0 Å². The number of nitrogens with zero attached hydrogens (tertiary/aromatic N) is 1. The van der Waals surface area contributed by atoms with Crippen LogP contribution in [0, 0.1) is 0 Å². The quantitative estimate of drug-likeness (QED) is 0.858. The Morgan fingerprint density at radius 1 is 1.18 bits per heavy atom. The van der Waals surface area contributed by atoms with E-state index in [4.69, 9.17) is 0 Å². The van der Waals surface area contributed by atoms with Crippen molar-refractivity contribution in [3.05, 3.63) is 35.4 Å². The first-order chi connectivity index (χ1) is 8.31. The van der Waals surface area contributed by atoms with Gasteiger partial charge < -0.3 is 5.32 Å². The molecule has 0 bridgehead atoms. The second kappa shape index (κ2) is 6.18. The third-order valence-electron chi connectivity index (χ3n) is 3.70. The molecule has 1 unspecified atom stereocenters. The van der Waals surface area contributed by atoms with Gasteiger partial charge in [0, 0.05) is 32.2 Å². The van der Waals surface area contributed by atoms with Crippen LogP contribution in [0.25, 0.3) is 0 Å². The zero-order valence-corrected chi connectivity index (χ0v) is 11.1. The monoisotopic (exact) mass is 232 g/mol. The summed E-state index contributed by atoms with van der Waals surface area (Å²) in [6, 6.07) is 9.73. The molecular weight excluding hydrogens is 208 g/mol. The van der Waals surface area contributed by atoms with Crippen LogP contribution in [0.15, 0.2) is 24.3 Å². The normalized spacial score (nSPS) is 19.2. The van der Waals surface area contributed by atoms with Crippen LogP contribution in [0.4, 0.5) is 0 Å². The molecule has 1 saturated heterocycles. The topological polar surface area (TPSA) is 15.3 Å². The molecule has 0 spiro atoms. The zero-order valence-electron chi connectivity index (χ0n) is 11.1. The summed E-state index contributed by atoms with van der Waals surface area (Å²) in [5.74, 6) is 0. The van der Waals surface area contributed by atoms with Gasteiger partial charge in [-0.25, -0.2) is 0 Å². The minimum absolute atomic E-state index is 0.549. The second-order valence-electron chi connectivity index (χ2n) is 4.95. The number of piperazine rings is 1. The Morgan fingerprint density at radius 3 is 2.41 bits per heavy atom. The van der Waals surface area contributed by atoms with Gasteiger partial charge in [0.15, 0.2) is 0 Å². The second-order valence-corrected chi connectivity index (χ2v) is 4.95. The van der Waals surface area contributed by atoms with Crippen molar-refractivity contribution in [2.24, 2.45) is 0 Å². The third kappa shape index (κ3) is 3.30. The molecule has 2 nitrogen and oxygen atoms in total. The van der Waals surface area contributed by atoms with Crippen LogP contribution >= 0.6 is 0 Å². The van der Waals surface area contributed by atoms with E-state index < -0.39 is 0 Å². The molecule has 0 amide bonds. The molecule has 0 aliphatic carbocycles. The van der Waals surface area contributed by atoms with E-state index >= 15 is 0 Å². The maximum absolute atomic E-state index is 3.41. The highest BCUT2D eigenvalue weighted by Crippen LogP contribution is 2.21. The highest BCUT2D eigenvalue weighted by atomic mass is 15.2. The number of hydrogen-bond donors (Lipinski definition) is 1. The van der Waals surface area contributed by atoms with Crippen LogP contribution in [-0.4, -0.2) is 31.1 Å². The summed E-state index contributed by atoms with van der Waals surface area (Å²) in [6.45, 7) is 9.13. The predicted molar refractivity (Wildman–Crippen MR) is 73.3 cm³/mol. The molecule has 2 heteroatoms. The van der Waals surface area contributed by atoms with Crippen molar-refractivity contribution in [2.75, 3.05) is 26.2 Å². The average Bonchev–Trinajstić information content (AvgIpc) is 2.40. The van der Waals surface area contributed by atoms with E-state index in [9.17, 15) is 0 Å². The Bertz CT molecular complexity index is 325. The summed E-state index contributed by atoms with van der Waals surface area (Å²) in [4.78, 5) is 2.56. The summed E-state index contributed by atoms with van der Waals surface area (Å²) < 4.78 is 0. The number of rotatable bonds is 4. The van der Waals surface area contributed by atoms with E-state index in [-0.39, 0.29) is 0 Å². The SMILES string of the molecule is CCCc1ccc(C(C)N2CCNCC2)cc1. The maximum atomic E-state index is 3.41. The molecule has 1 fully saturated rings. The predicted octanol–water partition coefficient (Wildman–Crippen LogP) is 2.61. The van der Waals surface area contributed by atoms with Gasteiger partial charge in [-0.3, -0.25) is 4.90 Å². The van der Waals surface area contributed by atoms with Gasteiger partial charge in [0.25, 0.3) is 0 Å². The number of benzene rings is 1. The molecule has 94 valence electrons. The van der Waals surface area contributed by atoms with Crippen molar-refractivity contribution >= 4 is 0 Å². The standard InChI is InChI=1S/C15H24N2/c1-3-4-14-5-7-15(8-6-14)13(2)17-11-9-16-10-12-17/h5-8,13,16H,3-4,9-12H2,1-2H3. The van der Waals surface area contributed by atoms with Gasteiger partial charge in [-0.1, -0.05) is 37.6 Å². The fraction of sp³-hybridized carbons (Fsp3) is 0.600. The number of aryl methyl sites for hydroxylation is 1. The molecule has 17 heavy (non-hydrogen) atoms. The fourth-order valence-corrected chi connectivity index (χ4v) is 2.53. The Morgan fingerprint density at radius 2 is 1.82 bits per heavy atom. The molecule has 0 aromatic heterocycles. The molecule has 2 rings (SSSR count). The molecular formula is C15H24N2. The highest BCUT2D eigenvalue weighted by molar-refractivity contribution is 5.25. The largest absolute Gasteiger partial charge is 0.314 e. The molecule has 1 aliphatic heterocycles. The minimum atomic E-state index is 0.549.